The summed E-state index contributed by atoms with van der Waals surface area (Å²) in [6, 6.07) is 4.96. The Morgan fingerprint density at radius 1 is 1.42 bits per heavy atom. The first kappa shape index (κ1) is 10.4. The quantitative estimate of drug-likeness (QED) is 0.774. The monoisotopic (exact) mass is 361 g/mol. The summed E-state index contributed by atoms with van der Waals surface area (Å²) in [4.78, 5) is 0.120. The Morgan fingerprint density at radius 3 is 2.42 bits per heavy atom. The highest BCUT2D eigenvalue weighted by molar-refractivity contribution is 14.1. The molecule has 0 aliphatic rings. The molecule has 3 nitrogen and oxygen atoms in total. The van der Waals surface area contributed by atoms with Gasteiger partial charge < -0.3 is 0 Å². The number of primary sulfonamides is 1. The van der Waals surface area contributed by atoms with Crippen LogP contribution in [0.4, 0.5) is 0 Å². The topological polar surface area (TPSA) is 60.2 Å². The van der Waals surface area contributed by atoms with Gasteiger partial charge in [0.05, 0.1) is 4.90 Å². The lowest BCUT2D eigenvalue weighted by Crippen LogP contribution is -2.12. The summed E-state index contributed by atoms with van der Waals surface area (Å²) in [5.41, 5.74) is 0. The van der Waals surface area contributed by atoms with Crippen LogP contribution in [-0.4, -0.2) is 8.42 Å². The smallest absolute Gasteiger partial charge is 0.225 e. The fourth-order valence-electron chi connectivity index (χ4n) is 0.695. The average molecular weight is 362 g/mol. The summed E-state index contributed by atoms with van der Waals surface area (Å²) in [6.07, 6.45) is 0. The summed E-state index contributed by atoms with van der Waals surface area (Å²) in [5, 5.41) is 4.97. The van der Waals surface area contributed by atoms with Crippen molar-refractivity contribution in [1.82, 2.24) is 0 Å². The molecule has 0 atom stereocenters. The Hall–Kier alpha value is 0.340. The lowest BCUT2D eigenvalue weighted by atomic mass is 10.4. The molecule has 66 valence electrons. The van der Waals surface area contributed by atoms with Gasteiger partial charge in [-0.3, -0.25) is 0 Å². The second-order valence-corrected chi connectivity index (χ2v) is 5.75. The van der Waals surface area contributed by atoms with E-state index in [1.807, 2.05) is 22.6 Å². The molecule has 0 bridgehead atoms. The van der Waals surface area contributed by atoms with E-state index in [1.165, 1.54) is 6.07 Å². The van der Waals surface area contributed by atoms with E-state index >= 15 is 0 Å². The Morgan fingerprint density at radius 2 is 2.00 bits per heavy atom. The predicted molar refractivity (Wildman–Crippen MR) is 58.2 cm³/mol. The summed E-state index contributed by atoms with van der Waals surface area (Å²) < 4.78 is 23.2. The van der Waals surface area contributed by atoms with Gasteiger partial charge in [0.2, 0.25) is 10.0 Å². The standard InChI is InChI=1S/C6H5BrINO2S/c7-5-2-1-4(8)3-6(5)12(9,10)11/h1-3H,(H2,9,10,11). The van der Waals surface area contributed by atoms with Crippen LogP contribution in [0.25, 0.3) is 0 Å². The molecule has 0 heterocycles. The second-order valence-electron chi connectivity index (χ2n) is 2.12. The molecule has 0 unspecified atom stereocenters. The average Bonchev–Trinajstić information content (AvgIpc) is 1.92. The molecular formula is C6H5BrINO2S. The third kappa shape index (κ3) is 2.41. The normalized spacial score (nSPS) is 11.6. The van der Waals surface area contributed by atoms with Gasteiger partial charge >= 0.3 is 0 Å². The molecule has 0 amide bonds. The molecule has 12 heavy (non-hydrogen) atoms. The van der Waals surface area contributed by atoms with Crippen molar-refractivity contribution in [3.8, 4) is 0 Å². The Balaban J connectivity index is 3.43. The fraction of sp³-hybridized carbons (Fsp3) is 0. The highest BCUT2D eigenvalue weighted by Gasteiger charge is 2.11. The highest BCUT2D eigenvalue weighted by Crippen LogP contribution is 2.22. The van der Waals surface area contributed by atoms with E-state index in [2.05, 4.69) is 15.9 Å². The lowest BCUT2D eigenvalue weighted by molar-refractivity contribution is 0.597. The molecule has 2 N–H and O–H groups in total. The van der Waals surface area contributed by atoms with Gasteiger partial charge in [0, 0.05) is 8.04 Å². The van der Waals surface area contributed by atoms with Gasteiger partial charge in [-0.05, 0) is 56.7 Å². The number of halogens is 2. The van der Waals surface area contributed by atoms with E-state index in [0.29, 0.717) is 4.47 Å². The number of hydrogen-bond acceptors (Lipinski definition) is 2. The van der Waals surface area contributed by atoms with E-state index in [1.54, 1.807) is 12.1 Å². The van der Waals surface area contributed by atoms with Gasteiger partial charge in [-0.25, -0.2) is 13.6 Å². The number of nitrogens with two attached hydrogens (primary N) is 1. The maximum absolute atomic E-state index is 11.0. The van der Waals surface area contributed by atoms with E-state index in [4.69, 9.17) is 5.14 Å². The molecule has 0 fully saturated rings. The van der Waals surface area contributed by atoms with Crippen molar-refractivity contribution in [1.29, 1.82) is 0 Å². The first-order valence-corrected chi connectivity index (χ1v) is 6.31. The molecule has 0 spiro atoms. The van der Waals surface area contributed by atoms with Gasteiger partial charge in [-0.15, -0.1) is 0 Å². The van der Waals surface area contributed by atoms with Crippen molar-refractivity contribution >= 4 is 48.5 Å². The molecule has 0 saturated heterocycles. The molecular weight excluding hydrogens is 357 g/mol. The fourth-order valence-corrected chi connectivity index (χ4v) is 2.95. The zero-order valence-electron chi connectivity index (χ0n) is 5.79. The summed E-state index contributed by atoms with van der Waals surface area (Å²) in [6.45, 7) is 0. The SMILES string of the molecule is NS(=O)(=O)c1cc(I)ccc1Br. The van der Waals surface area contributed by atoms with Crippen LogP contribution in [-0.2, 0) is 10.0 Å². The van der Waals surface area contributed by atoms with Crippen molar-refractivity contribution in [2.75, 3.05) is 0 Å². The Bertz CT molecular complexity index is 404. The molecule has 0 aromatic heterocycles. The zero-order chi connectivity index (χ0) is 9.35. The number of benzene rings is 1. The van der Waals surface area contributed by atoms with Crippen LogP contribution >= 0.6 is 38.5 Å². The van der Waals surface area contributed by atoms with Gasteiger partial charge in [0.25, 0.3) is 0 Å². The summed E-state index contributed by atoms with van der Waals surface area (Å²) in [5.74, 6) is 0. The minimum Gasteiger partial charge on any atom is -0.225 e. The van der Waals surface area contributed by atoms with Gasteiger partial charge in [-0.1, -0.05) is 0 Å². The zero-order valence-corrected chi connectivity index (χ0v) is 10.4. The van der Waals surface area contributed by atoms with Crippen LogP contribution in [0.2, 0.25) is 0 Å². The van der Waals surface area contributed by atoms with Crippen LogP contribution in [0.1, 0.15) is 0 Å². The van der Waals surface area contributed by atoms with Crippen molar-refractivity contribution in [3.05, 3.63) is 26.2 Å². The second kappa shape index (κ2) is 3.60. The highest BCUT2D eigenvalue weighted by atomic mass is 127. The minimum absolute atomic E-state index is 0.120. The first-order valence-electron chi connectivity index (χ1n) is 2.89. The van der Waals surface area contributed by atoms with E-state index in [-0.39, 0.29) is 4.90 Å². The molecule has 1 aromatic rings. The number of rotatable bonds is 1. The molecule has 0 aliphatic heterocycles. The van der Waals surface area contributed by atoms with Crippen molar-refractivity contribution in [2.24, 2.45) is 5.14 Å². The maximum Gasteiger partial charge on any atom is 0.239 e. The summed E-state index contributed by atoms with van der Waals surface area (Å²) in [7, 11) is -3.61. The largest absolute Gasteiger partial charge is 0.239 e. The molecule has 1 aromatic carbocycles. The van der Waals surface area contributed by atoms with Gasteiger partial charge in [0.15, 0.2) is 0 Å². The lowest BCUT2D eigenvalue weighted by Gasteiger charge is -2.01. The molecule has 0 saturated carbocycles. The van der Waals surface area contributed by atoms with Crippen LogP contribution in [0, 0.1) is 3.57 Å². The maximum atomic E-state index is 11.0. The van der Waals surface area contributed by atoms with Gasteiger partial charge in [0.1, 0.15) is 0 Å². The van der Waals surface area contributed by atoms with Crippen molar-refractivity contribution in [2.45, 2.75) is 4.90 Å². The van der Waals surface area contributed by atoms with Gasteiger partial charge in [-0.2, -0.15) is 0 Å². The van der Waals surface area contributed by atoms with Crippen molar-refractivity contribution in [3.63, 3.8) is 0 Å². The molecule has 1 rings (SSSR count). The van der Waals surface area contributed by atoms with Crippen LogP contribution in [0.3, 0.4) is 0 Å². The number of sulfonamides is 1. The van der Waals surface area contributed by atoms with Crippen LogP contribution in [0.15, 0.2) is 27.6 Å². The van der Waals surface area contributed by atoms with E-state index in [0.717, 1.165) is 3.57 Å². The first-order chi connectivity index (χ1) is 5.41. The predicted octanol–water partition coefficient (Wildman–Crippen LogP) is 1.70. The third-order valence-corrected chi connectivity index (χ3v) is 3.78. The van der Waals surface area contributed by atoms with E-state index < -0.39 is 10.0 Å². The van der Waals surface area contributed by atoms with Crippen LogP contribution < -0.4 is 5.14 Å². The van der Waals surface area contributed by atoms with Crippen LogP contribution in [0.5, 0.6) is 0 Å². The minimum atomic E-state index is -3.61. The molecule has 0 radical (unpaired) electrons. The molecule has 6 heteroatoms. The number of hydrogen-bond donors (Lipinski definition) is 1. The Labute approximate surface area is 92.7 Å². The molecule has 0 aliphatic carbocycles. The van der Waals surface area contributed by atoms with Crippen molar-refractivity contribution < 1.29 is 8.42 Å². The third-order valence-electron chi connectivity index (χ3n) is 1.20. The Kier molecular flexibility index (Phi) is 3.13. The van der Waals surface area contributed by atoms with E-state index in [9.17, 15) is 8.42 Å². The summed E-state index contributed by atoms with van der Waals surface area (Å²) >= 11 is 5.12.